The Morgan fingerprint density at radius 3 is 2.84 bits per heavy atom. The van der Waals surface area contributed by atoms with Gasteiger partial charge in [-0.3, -0.25) is 9.59 Å². The van der Waals surface area contributed by atoms with Crippen molar-refractivity contribution in [1.29, 1.82) is 0 Å². The van der Waals surface area contributed by atoms with Crippen LogP contribution >= 0.6 is 0 Å². The first kappa shape index (κ1) is 12.3. The van der Waals surface area contributed by atoms with Crippen molar-refractivity contribution in [2.24, 2.45) is 5.92 Å². The van der Waals surface area contributed by atoms with Gasteiger partial charge in [-0.1, -0.05) is 0 Å². The van der Waals surface area contributed by atoms with Gasteiger partial charge in [0.1, 0.15) is 5.76 Å². The average molecular weight is 262 g/mol. The Kier molecular flexibility index (Phi) is 3.27. The highest BCUT2D eigenvalue weighted by molar-refractivity contribution is 5.84. The molecule has 2 fully saturated rings. The molecule has 1 atom stereocenters. The summed E-state index contributed by atoms with van der Waals surface area (Å²) in [6.45, 7) is 1.01. The largest absolute Gasteiger partial charge is 0.467 e. The molecule has 2 heterocycles. The lowest BCUT2D eigenvalue weighted by molar-refractivity contribution is -0.138. The molecule has 2 aliphatic rings. The second-order valence-corrected chi connectivity index (χ2v) is 5.32. The SMILES string of the molecule is O=C1CCC(C(=O)N(Cc2ccco2)C2CC2)CN1. The maximum Gasteiger partial charge on any atom is 0.228 e. The molecule has 1 aromatic rings. The Morgan fingerprint density at radius 1 is 1.42 bits per heavy atom. The number of amides is 2. The molecule has 0 spiro atoms. The molecule has 1 aliphatic heterocycles. The van der Waals surface area contributed by atoms with Crippen molar-refractivity contribution in [2.75, 3.05) is 6.54 Å². The Labute approximate surface area is 111 Å². The lowest BCUT2D eigenvalue weighted by Crippen LogP contribution is -2.45. The molecule has 102 valence electrons. The van der Waals surface area contributed by atoms with E-state index < -0.39 is 0 Å². The van der Waals surface area contributed by atoms with Crippen molar-refractivity contribution in [3.63, 3.8) is 0 Å². The van der Waals surface area contributed by atoms with Gasteiger partial charge in [0.05, 0.1) is 18.7 Å². The summed E-state index contributed by atoms with van der Waals surface area (Å²) >= 11 is 0. The minimum Gasteiger partial charge on any atom is -0.467 e. The van der Waals surface area contributed by atoms with Gasteiger partial charge in [-0.05, 0) is 31.4 Å². The molecule has 0 aromatic carbocycles. The second-order valence-electron chi connectivity index (χ2n) is 5.32. The maximum absolute atomic E-state index is 12.5. The summed E-state index contributed by atoms with van der Waals surface area (Å²) in [5.74, 6) is 0.945. The summed E-state index contributed by atoms with van der Waals surface area (Å²) in [5.41, 5.74) is 0. The molecule has 1 saturated carbocycles. The van der Waals surface area contributed by atoms with Crippen molar-refractivity contribution in [3.8, 4) is 0 Å². The van der Waals surface area contributed by atoms with E-state index >= 15 is 0 Å². The highest BCUT2D eigenvalue weighted by Crippen LogP contribution is 2.30. The number of nitrogens with zero attached hydrogens (tertiary/aromatic N) is 1. The van der Waals surface area contributed by atoms with E-state index in [9.17, 15) is 9.59 Å². The quantitative estimate of drug-likeness (QED) is 0.889. The fourth-order valence-corrected chi connectivity index (χ4v) is 2.52. The molecule has 1 saturated heterocycles. The van der Waals surface area contributed by atoms with E-state index in [0.29, 0.717) is 32.0 Å². The Morgan fingerprint density at radius 2 is 2.26 bits per heavy atom. The zero-order valence-electron chi connectivity index (χ0n) is 10.8. The van der Waals surface area contributed by atoms with Crippen LogP contribution in [0.2, 0.25) is 0 Å². The van der Waals surface area contributed by atoms with E-state index in [1.165, 1.54) is 0 Å². The number of piperidine rings is 1. The third-order valence-electron chi connectivity index (χ3n) is 3.79. The van der Waals surface area contributed by atoms with Crippen LogP contribution in [0.5, 0.6) is 0 Å². The molecule has 3 rings (SSSR count). The third-order valence-corrected chi connectivity index (χ3v) is 3.79. The van der Waals surface area contributed by atoms with Crippen molar-refractivity contribution in [2.45, 2.75) is 38.3 Å². The molecule has 5 nitrogen and oxygen atoms in total. The van der Waals surface area contributed by atoms with Crippen LogP contribution in [0.15, 0.2) is 22.8 Å². The maximum atomic E-state index is 12.5. The zero-order valence-corrected chi connectivity index (χ0v) is 10.8. The molecule has 2 amide bonds. The molecule has 1 aromatic heterocycles. The minimum absolute atomic E-state index is 0.0491. The summed E-state index contributed by atoms with van der Waals surface area (Å²) in [5, 5.41) is 2.78. The fourth-order valence-electron chi connectivity index (χ4n) is 2.52. The molecule has 1 unspecified atom stereocenters. The molecule has 1 aliphatic carbocycles. The van der Waals surface area contributed by atoms with Crippen molar-refractivity contribution < 1.29 is 14.0 Å². The minimum atomic E-state index is -0.0757. The highest BCUT2D eigenvalue weighted by atomic mass is 16.3. The molecular weight excluding hydrogens is 244 g/mol. The second kappa shape index (κ2) is 5.07. The normalized spacial score (nSPS) is 22.9. The van der Waals surface area contributed by atoms with E-state index in [4.69, 9.17) is 4.42 Å². The first-order valence-electron chi connectivity index (χ1n) is 6.83. The third kappa shape index (κ3) is 2.80. The monoisotopic (exact) mass is 262 g/mol. The average Bonchev–Trinajstić information content (AvgIpc) is 3.13. The predicted molar refractivity (Wildman–Crippen MR) is 68.0 cm³/mol. The number of carbonyl (C=O) groups is 2. The zero-order chi connectivity index (χ0) is 13.2. The van der Waals surface area contributed by atoms with Crippen molar-refractivity contribution in [3.05, 3.63) is 24.2 Å². The number of carbonyl (C=O) groups excluding carboxylic acids is 2. The van der Waals surface area contributed by atoms with E-state index in [-0.39, 0.29) is 17.7 Å². The number of rotatable bonds is 4. The Bertz CT molecular complexity index is 455. The van der Waals surface area contributed by atoms with Crippen LogP contribution in [0.3, 0.4) is 0 Å². The van der Waals surface area contributed by atoms with E-state index in [0.717, 1.165) is 18.6 Å². The van der Waals surface area contributed by atoms with Crippen LogP contribution in [0.25, 0.3) is 0 Å². The molecule has 1 N–H and O–H groups in total. The molecule has 0 bridgehead atoms. The van der Waals surface area contributed by atoms with Crippen LogP contribution < -0.4 is 5.32 Å². The molecular formula is C14H18N2O3. The Hall–Kier alpha value is -1.78. The fraction of sp³-hybridized carbons (Fsp3) is 0.571. The van der Waals surface area contributed by atoms with E-state index in [1.54, 1.807) is 6.26 Å². The lowest BCUT2D eigenvalue weighted by atomic mass is 9.97. The highest BCUT2D eigenvalue weighted by Gasteiger charge is 2.37. The topological polar surface area (TPSA) is 62.6 Å². The summed E-state index contributed by atoms with van der Waals surface area (Å²) in [7, 11) is 0. The molecule has 0 radical (unpaired) electrons. The van der Waals surface area contributed by atoms with Crippen molar-refractivity contribution in [1.82, 2.24) is 10.2 Å². The lowest BCUT2D eigenvalue weighted by Gasteiger charge is -2.29. The molecule has 5 heteroatoms. The van der Waals surface area contributed by atoms with Crippen molar-refractivity contribution >= 4 is 11.8 Å². The van der Waals surface area contributed by atoms with Crippen LogP contribution in [0.4, 0.5) is 0 Å². The van der Waals surface area contributed by atoms with Gasteiger partial charge >= 0.3 is 0 Å². The summed E-state index contributed by atoms with van der Waals surface area (Å²) in [4.78, 5) is 25.6. The standard InChI is InChI=1S/C14H18N2O3/c17-13-6-3-10(8-15-13)14(18)16(11-4-5-11)9-12-2-1-7-19-12/h1-2,7,10-11H,3-6,8-9H2,(H,15,17). The number of nitrogens with one attached hydrogen (secondary N) is 1. The van der Waals surface area contributed by atoms with Gasteiger partial charge in [0.15, 0.2) is 0 Å². The van der Waals surface area contributed by atoms with Gasteiger partial charge in [-0.2, -0.15) is 0 Å². The van der Waals surface area contributed by atoms with Crippen LogP contribution in [0.1, 0.15) is 31.4 Å². The predicted octanol–water partition coefficient (Wildman–Crippen LogP) is 1.30. The Balaban J connectivity index is 1.66. The first-order chi connectivity index (χ1) is 9.24. The van der Waals surface area contributed by atoms with Gasteiger partial charge in [0.25, 0.3) is 0 Å². The molecule has 19 heavy (non-hydrogen) atoms. The van der Waals surface area contributed by atoms with Crippen LogP contribution in [-0.4, -0.2) is 29.3 Å². The van der Waals surface area contributed by atoms with Gasteiger partial charge < -0.3 is 14.6 Å². The van der Waals surface area contributed by atoms with Crippen LogP contribution in [-0.2, 0) is 16.1 Å². The van der Waals surface area contributed by atoms with Gasteiger partial charge in [-0.15, -0.1) is 0 Å². The van der Waals surface area contributed by atoms with Gasteiger partial charge in [0.2, 0.25) is 11.8 Å². The summed E-state index contributed by atoms with van der Waals surface area (Å²) in [6, 6.07) is 4.09. The summed E-state index contributed by atoms with van der Waals surface area (Å²) in [6.07, 6.45) is 4.89. The number of hydrogen-bond acceptors (Lipinski definition) is 3. The first-order valence-corrected chi connectivity index (χ1v) is 6.83. The van der Waals surface area contributed by atoms with Gasteiger partial charge in [-0.25, -0.2) is 0 Å². The van der Waals surface area contributed by atoms with Gasteiger partial charge in [0, 0.05) is 19.0 Å². The number of hydrogen-bond donors (Lipinski definition) is 1. The smallest absolute Gasteiger partial charge is 0.228 e. The van der Waals surface area contributed by atoms with E-state index in [1.807, 2.05) is 17.0 Å². The van der Waals surface area contributed by atoms with Crippen LogP contribution in [0, 0.1) is 5.92 Å². The van der Waals surface area contributed by atoms with E-state index in [2.05, 4.69) is 5.32 Å². The summed E-state index contributed by atoms with van der Waals surface area (Å²) < 4.78 is 5.33. The number of furan rings is 1.